The molecule has 10 nitrogen and oxygen atoms in total. The Balaban J connectivity index is 1.16. The van der Waals surface area contributed by atoms with Crippen LogP contribution >= 0.6 is 0 Å². The third-order valence-corrected chi connectivity index (χ3v) is 7.92. The van der Waals surface area contributed by atoms with Crippen LogP contribution in [0.1, 0.15) is 18.4 Å². The third-order valence-electron chi connectivity index (χ3n) is 7.92. The van der Waals surface area contributed by atoms with E-state index in [1.807, 2.05) is 12.2 Å². The summed E-state index contributed by atoms with van der Waals surface area (Å²) >= 11 is 0. The van der Waals surface area contributed by atoms with E-state index in [9.17, 15) is 29.3 Å². The van der Waals surface area contributed by atoms with Crippen LogP contribution in [-0.2, 0) is 19.2 Å². The molecule has 0 spiro atoms. The Bertz CT molecular complexity index is 1390. The Morgan fingerprint density at radius 3 is 2.38 bits per heavy atom. The molecule has 3 fully saturated rings. The highest BCUT2D eigenvalue weighted by Gasteiger charge is 2.59. The van der Waals surface area contributed by atoms with E-state index in [2.05, 4.69) is 0 Å². The van der Waals surface area contributed by atoms with Crippen LogP contribution in [0.15, 0.2) is 54.6 Å². The zero-order valence-electron chi connectivity index (χ0n) is 19.9. The lowest BCUT2D eigenvalue weighted by Crippen LogP contribution is -2.32. The number of aryl methyl sites for hydroxylation is 1. The van der Waals surface area contributed by atoms with Crippen molar-refractivity contribution in [1.29, 1.82) is 0 Å². The highest BCUT2D eigenvalue weighted by atomic mass is 16.6. The van der Waals surface area contributed by atoms with E-state index in [1.54, 1.807) is 37.3 Å². The normalized spacial score (nSPS) is 27.8. The minimum absolute atomic E-state index is 0.0276. The molecule has 0 radical (unpaired) electrons. The van der Waals surface area contributed by atoms with Crippen molar-refractivity contribution in [2.24, 2.45) is 29.6 Å². The summed E-state index contributed by atoms with van der Waals surface area (Å²) in [4.78, 5) is 65.1. The number of amides is 3. The molecule has 2 aromatic rings. The minimum Gasteiger partial charge on any atom is -0.426 e. The summed E-state index contributed by atoms with van der Waals surface area (Å²) in [6.07, 6.45) is 4.80. The average molecular weight is 501 g/mol. The van der Waals surface area contributed by atoms with Crippen molar-refractivity contribution in [3.63, 3.8) is 0 Å². The van der Waals surface area contributed by atoms with E-state index in [0.717, 1.165) is 6.42 Å². The van der Waals surface area contributed by atoms with Gasteiger partial charge in [-0.3, -0.25) is 29.3 Å². The van der Waals surface area contributed by atoms with Crippen LogP contribution in [0.2, 0.25) is 0 Å². The summed E-state index contributed by atoms with van der Waals surface area (Å²) in [6, 6.07) is 10.8. The number of fused-ring (bicyclic) bond motifs is 5. The standard InChI is InChI=1S/C27H23N3O7/c1-14-5-8-18(12-21(14)30(35)36)28-13-17(10-22(28)31)27(34)37-20-4-2-3-19(11-20)29-25(32)23-15-6-7-16(9-15)24(23)26(29)33/h2-8,11-12,15-17,23-24H,9-10,13H2,1H3/t15-,16-,17+,23+,24+/m0/s1. The van der Waals surface area contributed by atoms with Crippen molar-refractivity contribution in [3.8, 4) is 5.75 Å². The zero-order valence-corrected chi connectivity index (χ0v) is 19.9. The number of rotatable bonds is 5. The molecule has 2 aliphatic heterocycles. The Labute approximate surface area is 211 Å². The van der Waals surface area contributed by atoms with E-state index >= 15 is 0 Å². The molecule has 2 heterocycles. The van der Waals surface area contributed by atoms with Gasteiger partial charge in [-0.15, -0.1) is 0 Å². The quantitative estimate of drug-likeness (QED) is 0.154. The lowest BCUT2D eigenvalue weighted by molar-refractivity contribution is -0.385. The number of nitro groups is 1. The second-order valence-electron chi connectivity index (χ2n) is 10.1. The summed E-state index contributed by atoms with van der Waals surface area (Å²) in [5.74, 6) is -2.50. The van der Waals surface area contributed by atoms with Crippen molar-refractivity contribution in [3.05, 3.63) is 70.3 Å². The van der Waals surface area contributed by atoms with Gasteiger partial charge in [-0.05, 0) is 43.4 Å². The largest absolute Gasteiger partial charge is 0.426 e. The first kappa shape index (κ1) is 23.1. The van der Waals surface area contributed by atoms with Gasteiger partial charge >= 0.3 is 5.97 Å². The number of carbonyl (C=O) groups is 4. The van der Waals surface area contributed by atoms with Crippen LogP contribution in [0.3, 0.4) is 0 Å². The van der Waals surface area contributed by atoms with Crippen LogP contribution in [-0.4, -0.2) is 35.2 Å². The lowest BCUT2D eigenvalue weighted by atomic mass is 9.85. The van der Waals surface area contributed by atoms with Gasteiger partial charge in [0.25, 0.3) is 5.69 Å². The highest BCUT2D eigenvalue weighted by Crippen LogP contribution is 2.53. The molecule has 37 heavy (non-hydrogen) atoms. The second kappa shape index (κ2) is 8.36. The molecule has 10 heteroatoms. The molecule has 2 aromatic carbocycles. The van der Waals surface area contributed by atoms with Gasteiger partial charge in [-0.1, -0.05) is 24.3 Å². The molecule has 188 valence electrons. The Morgan fingerprint density at radius 1 is 1.00 bits per heavy atom. The van der Waals surface area contributed by atoms with Crippen LogP contribution in [0.4, 0.5) is 17.1 Å². The number of nitrogens with zero attached hydrogens (tertiary/aromatic N) is 3. The van der Waals surface area contributed by atoms with Gasteiger partial charge in [0.1, 0.15) is 5.75 Å². The number of allylic oxidation sites excluding steroid dienone is 2. The molecule has 0 unspecified atom stereocenters. The maximum absolute atomic E-state index is 13.1. The maximum Gasteiger partial charge on any atom is 0.316 e. The topological polar surface area (TPSA) is 127 Å². The lowest BCUT2D eigenvalue weighted by Gasteiger charge is -2.18. The van der Waals surface area contributed by atoms with E-state index in [4.69, 9.17) is 4.74 Å². The predicted octanol–water partition coefficient (Wildman–Crippen LogP) is 3.17. The minimum atomic E-state index is -0.771. The van der Waals surface area contributed by atoms with Gasteiger partial charge in [0.2, 0.25) is 17.7 Å². The molecular formula is C27H23N3O7. The molecule has 2 bridgehead atoms. The number of hydrogen-bond donors (Lipinski definition) is 0. The van der Waals surface area contributed by atoms with Crippen molar-refractivity contribution in [2.45, 2.75) is 19.8 Å². The monoisotopic (exact) mass is 501 g/mol. The summed E-state index contributed by atoms with van der Waals surface area (Å²) in [7, 11) is 0. The van der Waals surface area contributed by atoms with Crippen LogP contribution in [0, 0.1) is 46.6 Å². The van der Waals surface area contributed by atoms with E-state index in [1.165, 1.54) is 21.9 Å². The summed E-state index contributed by atoms with van der Waals surface area (Å²) in [5.41, 5.74) is 1.07. The summed E-state index contributed by atoms with van der Waals surface area (Å²) in [5, 5.41) is 11.3. The molecule has 1 saturated carbocycles. The fraction of sp³-hybridized carbons (Fsp3) is 0.333. The number of benzene rings is 2. The van der Waals surface area contributed by atoms with Crippen molar-refractivity contribution >= 4 is 40.8 Å². The molecular weight excluding hydrogens is 478 g/mol. The molecule has 0 N–H and O–H groups in total. The Morgan fingerprint density at radius 2 is 1.70 bits per heavy atom. The predicted molar refractivity (Wildman–Crippen MR) is 131 cm³/mol. The molecule has 6 rings (SSSR count). The van der Waals surface area contributed by atoms with Crippen molar-refractivity contribution < 1.29 is 28.8 Å². The number of imide groups is 1. The molecule has 0 aromatic heterocycles. The molecule has 2 saturated heterocycles. The van der Waals surface area contributed by atoms with E-state index in [0.29, 0.717) is 16.9 Å². The van der Waals surface area contributed by atoms with E-state index in [-0.39, 0.29) is 65.8 Å². The van der Waals surface area contributed by atoms with Gasteiger partial charge in [0.05, 0.1) is 34.1 Å². The van der Waals surface area contributed by atoms with E-state index < -0.39 is 16.8 Å². The number of nitro benzene ring substituents is 1. The molecule has 3 amide bonds. The highest BCUT2D eigenvalue weighted by molar-refractivity contribution is 6.22. The van der Waals surface area contributed by atoms with Crippen molar-refractivity contribution in [1.82, 2.24) is 0 Å². The number of anilines is 2. The van der Waals surface area contributed by atoms with Crippen molar-refractivity contribution in [2.75, 3.05) is 16.3 Å². The first-order valence-corrected chi connectivity index (χ1v) is 12.2. The maximum atomic E-state index is 13.1. The van der Waals surface area contributed by atoms with Crippen LogP contribution < -0.4 is 14.5 Å². The number of ether oxygens (including phenoxy) is 1. The summed E-state index contributed by atoms with van der Waals surface area (Å²) < 4.78 is 5.54. The molecule has 2 aliphatic carbocycles. The Kier molecular flexibility index (Phi) is 5.22. The fourth-order valence-electron chi connectivity index (χ4n) is 6.12. The van der Waals surface area contributed by atoms with Gasteiger partial charge in [0, 0.05) is 30.7 Å². The SMILES string of the molecule is Cc1ccc(N2C[C@H](C(=O)Oc3cccc(N4C(=O)[C@H]5[C@H](C4=O)[C@H]4C=C[C@H]5C4)c3)CC2=O)cc1[N+](=O)[O-]. The Hall–Kier alpha value is -4.34. The number of carbonyl (C=O) groups excluding carboxylic acids is 4. The van der Waals surface area contributed by atoms with Gasteiger partial charge in [-0.25, -0.2) is 4.90 Å². The first-order chi connectivity index (χ1) is 17.7. The third kappa shape index (κ3) is 3.62. The summed E-state index contributed by atoms with van der Waals surface area (Å²) in [6.45, 7) is 1.64. The van der Waals surface area contributed by atoms with Gasteiger partial charge in [-0.2, -0.15) is 0 Å². The molecule has 5 atom stereocenters. The first-order valence-electron chi connectivity index (χ1n) is 12.2. The number of esters is 1. The van der Waals surface area contributed by atoms with Gasteiger partial charge in [0.15, 0.2) is 0 Å². The fourth-order valence-corrected chi connectivity index (χ4v) is 6.12. The number of hydrogen-bond acceptors (Lipinski definition) is 7. The zero-order chi connectivity index (χ0) is 26.0. The van der Waals surface area contributed by atoms with Crippen LogP contribution in [0.25, 0.3) is 0 Å². The second-order valence-corrected chi connectivity index (χ2v) is 10.1. The molecule has 4 aliphatic rings. The van der Waals surface area contributed by atoms with Gasteiger partial charge < -0.3 is 9.64 Å². The van der Waals surface area contributed by atoms with Crippen LogP contribution in [0.5, 0.6) is 5.75 Å². The smallest absolute Gasteiger partial charge is 0.316 e. The average Bonchev–Trinajstić information content (AvgIpc) is 3.63.